The van der Waals surface area contributed by atoms with Crippen molar-refractivity contribution in [2.24, 2.45) is 11.8 Å². The summed E-state index contributed by atoms with van der Waals surface area (Å²) in [6.45, 7) is 10.8. The predicted octanol–water partition coefficient (Wildman–Crippen LogP) is 3.25. The molecular weight excluding hydrogens is 242 g/mol. The summed E-state index contributed by atoms with van der Waals surface area (Å²) in [4.78, 5) is 25.9. The number of rotatable bonds is 3. The van der Waals surface area contributed by atoms with Crippen LogP contribution in [-0.4, -0.2) is 35.5 Å². The number of hydrogen-bond acceptors (Lipinski definition) is 3. The molecule has 2 atom stereocenters. The third-order valence-corrected chi connectivity index (χ3v) is 3.57. The number of Topliss-reactive ketones (excluding diaryl/α,β-unsaturated/α-hetero) is 1. The number of nitrogens with zero attached hydrogens (tertiary/aromatic N) is 1. The summed E-state index contributed by atoms with van der Waals surface area (Å²) in [7, 11) is 0. The Morgan fingerprint density at radius 1 is 1.37 bits per heavy atom. The Labute approximate surface area is 116 Å². The zero-order chi connectivity index (χ0) is 14.6. The second-order valence-electron chi connectivity index (χ2n) is 6.48. The second-order valence-corrected chi connectivity index (χ2v) is 6.48. The van der Waals surface area contributed by atoms with Crippen molar-refractivity contribution in [1.29, 1.82) is 0 Å². The molecule has 0 spiro atoms. The number of piperidine rings is 1. The van der Waals surface area contributed by atoms with Crippen molar-refractivity contribution < 1.29 is 14.3 Å². The lowest BCUT2D eigenvalue weighted by molar-refractivity contribution is -0.127. The summed E-state index contributed by atoms with van der Waals surface area (Å²) < 4.78 is 5.37. The molecule has 110 valence electrons. The van der Waals surface area contributed by atoms with Crippen LogP contribution in [0.1, 0.15) is 53.9 Å². The van der Waals surface area contributed by atoms with Gasteiger partial charge in [-0.1, -0.05) is 13.8 Å². The van der Waals surface area contributed by atoms with Crippen molar-refractivity contribution in [1.82, 2.24) is 4.90 Å². The van der Waals surface area contributed by atoms with Gasteiger partial charge >= 0.3 is 6.09 Å². The number of hydrogen-bond donors (Lipinski definition) is 0. The zero-order valence-corrected chi connectivity index (χ0v) is 12.9. The smallest absolute Gasteiger partial charge is 0.410 e. The van der Waals surface area contributed by atoms with Crippen molar-refractivity contribution in [3.63, 3.8) is 0 Å². The highest BCUT2D eigenvalue weighted by molar-refractivity contribution is 5.84. The van der Waals surface area contributed by atoms with Gasteiger partial charge in [0.2, 0.25) is 0 Å². The van der Waals surface area contributed by atoms with E-state index in [1.807, 2.05) is 34.6 Å². The molecule has 1 aliphatic heterocycles. The van der Waals surface area contributed by atoms with E-state index in [0.717, 1.165) is 19.3 Å². The molecule has 1 heterocycles. The molecule has 0 saturated carbocycles. The molecule has 1 amide bonds. The molecule has 1 fully saturated rings. The summed E-state index contributed by atoms with van der Waals surface area (Å²) in [5, 5.41) is 0. The first-order chi connectivity index (χ1) is 8.74. The number of carbonyl (C=O) groups is 2. The van der Waals surface area contributed by atoms with Gasteiger partial charge in [-0.15, -0.1) is 0 Å². The van der Waals surface area contributed by atoms with Gasteiger partial charge in [-0.3, -0.25) is 4.79 Å². The summed E-state index contributed by atoms with van der Waals surface area (Å²) >= 11 is 0. The normalized spacial score (nSPS) is 21.9. The number of ether oxygens (including phenoxy) is 1. The summed E-state index contributed by atoms with van der Waals surface area (Å²) in [5.41, 5.74) is -0.481. The third kappa shape index (κ3) is 4.84. The van der Waals surface area contributed by atoms with Crippen LogP contribution in [-0.2, 0) is 9.53 Å². The van der Waals surface area contributed by atoms with Gasteiger partial charge in [0.25, 0.3) is 0 Å². The highest BCUT2D eigenvalue weighted by Crippen LogP contribution is 2.23. The van der Waals surface area contributed by atoms with Gasteiger partial charge in [0.05, 0.1) is 0 Å². The standard InChI is InChI=1S/C15H27NO3/c1-6-11(2)13(17)12-8-7-9-16(10-12)14(18)19-15(3,4)5/h11-12H,6-10H2,1-5H3/t11?,12-/m1/s1. The summed E-state index contributed by atoms with van der Waals surface area (Å²) in [5.74, 6) is 0.357. The molecule has 19 heavy (non-hydrogen) atoms. The number of carbonyl (C=O) groups excluding carboxylic acids is 2. The average Bonchev–Trinajstić information content (AvgIpc) is 2.35. The molecule has 4 nitrogen and oxygen atoms in total. The topological polar surface area (TPSA) is 46.6 Å². The predicted molar refractivity (Wildman–Crippen MR) is 75.0 cm³/mol. The van der Waals surface area contributed by atoms with Crippen LogP contribution in [0.4, 0.5) is 4.79 Å². The molecule has 0 aliphatic carbocycles. The van der Waals surface area contributed by atoms with E-state index in [-0.39, 0.29) is 23.7 Å². The lowest BCUT2D eigenvalue weighted by Crippen LogP contribution is -2.45. The SMILES string of the molecule is CCC(C)C(=O)[C@@H]1CCCN(C(=O)OC(C)(C)C)C1. The maximum Gasteiger partial charge on any atom is 0.410 e. The van der Waals surface area contributed by atoms with Crippen LogP contribution in [0.15, 0.2) is 0 Å². The van der Waals surface area contributed by atoms with Crippen LogP contribution in [0.2, 0.25) is 0 Å². The molecule has 0 radical (unpaired) electrons. The van der Waals surface area contributed by atoms with Crippen LogP contribution < -0.4 is 0 Å². The Hall–Kier alpha value is -1.06. The van der Waals surface area contributed by atoms with Crippen LogP contribution >= 0.6 is 0 Å². The first-order valence-electron chi connectivity index (χ1n) is 7.26. The summed E-state index contributed by atoms with van der Waals surface area (Å²) in [6.07, 6.45) is 2.34. The Morgan fingerprint density at radius 2 is 2.00 bits per heavy atom. The maximum absolute atomic E-state index is 12.2. The fourth-order valence-corrected chi connectivity index (χ4v) is 2.31. The minimum Gasteiger partial charge on any atom is -0.444 e. The first kappa shape index (κ1) is 16.0. The van der Waals surface area contributed by atoms with Crippen LogP contribution in [0.3, 0.4) is 0 Å². The minimum atomic E-state index is -0.481. The molecule has 1 unspecified atom stereocenters. The van der Waals surface area contributed by atoms with E-state index in [2.05, 4.69) is 0 Å². The number of likely N-dealkylation sites (tertiary alicyclic amines) is 1. The van der Waals surface area contributed by atoms with E-state index in [0.29, 0.717) is 13.1 Å². The van der Waals surface area contributed by atoms with E-state index in [1.165, 1.54) is 0 Å². The average molecular weight is 269 g/mol. The first-order valence-corrected chi connectivity index (χ1v) is 7.26. The number of ketones is 1. The van der Waals surface area contributed by atoms with Crippen molar-refractivity contribution in [2.45, 2.75) is 59.5 Å². The largest absolute Gasteiger partial charge is 0.444 e. The van der Waals surface area contributed by atoms with Crippen molar-refractivity contribution >= 4 is 11.9 Å². The Morgan fingerprint density at radius 3 is 2.53 bits per heavy atom. The van der Waals surface area contributed by atoms with E-state index in [9.17, 15) is 9.59 Å². The molecule has 0 N–H and O–H groups in total. The quantitative estimate of drug-likeness (QED) is 0.790. The monoisotopic (exact) mass is 269 g/mol. The van der Waals surface area contributed by atoms with E-state index >= 15 is 0 Å². The lowest BCUT2D eigenvalue weighted by atomic mass is 9.86. The van der Waals surface area contributed by atoms with Gasteiger partial charge in [0.15, 0.2) is 0 Å². The van der Waals surface area contributed by atoms with Gasteiger partial charge in [0.1, 0.15) is 11.4 Å². The van der Waals surface area contributed by atoms with Gasteiger partial charge < -0.3 is 9.64 Å². The molecule has 4 heteroatoms. The molecular formula is C15H27NO3. The van der Waals surface area contributed by atoms with Gasteiger partial charge in [-0.2, -0.15) is 0 Å². The van der Waals surface area contributed by atoms with Gasteiger partial charge in [-0.05, 0) is 40.0 Å². The lowest BCUT2D eigenvalue weighted by Gasteiger charge is -2.34. The molecule has 0 bridgehead atoms. The van der Waals surface area contributed by atoms with E-state index < -0.39 is 5.60 Å². The van der Waals surface area contributed by atoms with Gasteiger partial charge in [-0.25, -0.2) is 4.79 Å². The van der Waals surface area contributed by atoms with Crippen molar-refractivity contribution in [3.05, 3.63) is 0 Å². The molecule has 1 aliphatic rings. The van der Waals surface area contributed by atoms with Crippen LogP contribution in [0.5, 0.6) is 0 Å². The highest BCUT2D eigenvalue weighted by atomic mass is 16.6. The fraction of sp³-hybridized carbons (Fsp3) is 0.867. The summed E-state index contributed by atoms with van der Waals surface area (Å²) in [6, 6.07) is 0. The van der Waals surface area contributed by atoms with Crippen molar-refractivity contribution in [2.75, 3.05) is 13.1 Å². The third-order valence-electron chi connectivity index (χ3n) is 3.57. The van der Waals surface area contributed by atoms with Crippen molar-refractivity contribution in [3.8, 4) is 0 Å². The van der Waals surface area contributed by atoms with Gasteiger partial charge in [0, 0.05) is 24.9 Å². The molecule has 0 aromatic carbocycles. The Kier molecular flexibility index (Phi) is 5.39. The molecule has 1 rings (SSSR count). The van der Waals surface area contributed by atoms with Crippen LogP contribution in [0, 0.1) is 11.8 Å². The molecule has 0 aromatic heterocycles. The maximum atomic E-state index is 12.2. The zero-order valence-electron chi connectivity index (χ0n) is 12.9. The number of amides is 1. The molecule has 0 aromatic rings. The van der Waals surface area contributed by atoms with Crippen LogP contribution in [0.25, 0.3) is 0 Å². The van der Waals surface area contributed by atoms with E-state index in [4.69, 9.17) is 4.74 Å². The minimum absolute atomic E-state index is 0.0174. The Bertz CT molecular complexity index is 333. The Balaban J connectivity index is 2.59. The fourth-order valence-electron chi connectivity index (χ4n) is 2.31. The second kappa shape index (κ2) is 6.40. The molecule has 1 saturated heterocycles. The van der Waals surface area contributed by atoms with E-state index in [1.54, 1.807) is 4.90 Å². The highest BCUT2D eigenvalue weighted by Gasteiger charge is 2.32.